The SMILES string of the molecule is CC/C=C\C/C=C\C/C=C\C/C=C\C/C=C\C/C=C\C/C=C\CCCCCCCCCC(=O)OC(COC(=O)CCCCCCCCCCCCCCCCCCCCCCCCCCCCCCC)COP(=O)([O-])OCC[N+](C)(C)C. The number of phosphoric ester groups is 1. The Balaban J connectivity index is 4.09. The molecule has 0 saturated heterocycles. The third-order valence-electron chi connectivity index (χ3n) is 14.9. The van der Waals surface area contributed by atoms with E-state index in [1.807, 2.05) is 21.1 Å². The van der Waals surface area contributed by atoms with Gasteiger partial charge in [0.05, 0.1) is 27.7 Å². The number of hydrogen-bond donors (Lipinski definition) is 0. The highest BCUT2D eigenvalue weighted by molar-refractivity contribution is 7.45. The van der Waals surface area contributed by atoms with Gasteiger partial charge in [-0.15, -0.1) is 0 Å². The molecule has 0 aromatic carbocycles. The molecule has 0 aliphatic rings. The van der Waals surface area contributed by atoms with E-state index < -0.39 is 26.5 Å². The molecule has 0 rings (SSSR count). The number of carbonyl (C=O) groups excluding carboxylic acids is 2. The van der Waals surface area contributed by atoms with Crippen molar-refractivity contribution in [3.05, 3.63) is 85.1 Å². The number of phosphoric acid groups is 1. The smallest absolute Gasteiger partial charge is 0.306 e. The molecule has 0 spiro atoms. The lowest BCUT2D eigenvalue weighted by Crippen LogP contribution is -2.37. The minimum absolute atomic E-state index is 0.0355. The molecule has 0 heterocycles. The Morgan fingerprint density at radius 1 is 0.390 bits per heavy atom. The van der Waals surface area contributed by atoms with Gasteiger partial charge in [-0.1, -0.05) is 311 Å². The monoisotopic (exact) mass is 1170 g/mol. The van der Waals surface area contributed by atoms with Crippen LogP contribution in [0.3, 0.4) is 0 Å². The highest BCUT2D eigenvalue weighted by Gasteiger charge is 2.22. The number of ether oxygens (including phenoxy) is 2. The van der Waals surface area contributed by atoms with Crippen molar-refractivity contribution in [3.8, 4) is 0 Å². The standard InChI is InChI=1S/C72H130NO8P/c1-6-8-10-12-14-16-18-20-22-24-26-28-30-32-34-36-38-40-42-44-46-48-50-52-54-56-58-60-62-64-71(74)78-68-70(69-80-82(76,77)79-67-66-73(3,4)5)81-72(75)65-63-61-59-57-55-53-51-49-47-45-43-41-39-37-35-33-31-29-27-25-23-21-19-17-15-13-11-9-7-2/h9,11,15,17,21,23,27,29,33,35,39,41,45,47,70H,6-8,10,12-14,16,18-20,22,24-26,28,30-32,34,36-38,40,42-44,46,48-69H2,1-5H3/b11-9-,17-15-,23-21-,29-27-,35-33-,41-39-,47-45-. The van der Waals surface area contributed by atoms with Gasteiger partial charge in [-0.25, -0.2) is 0 Å². The molecule has 9 nitrogen and oxygen atoms in total. The van der Waals surface area contributed by atoms with Gasteiger partial charge in [-0.2, -0.15) is 0 Å². The minimum atomic E-state index is -4.65. The first-order chi connectivity index (χ1) is 40.0. The number of unbranched alkanes of at least 4 members (excludes halogenated alkanes) is 35. The molecule has 0 aromatic rings. The van der Waals surface area contributed by atoms with Crippen LogP contribution in [0.4, 0.5) is 0 Å². The van der Waals surface area contributed by atoms with Crippen LogP contribution in [0.25, 0.3) is 0 Å². The molecule has 0 aliphatic heterocycles. The first-order valence-corrected chi connectivity index (χ1v) is 35.8. The molecule has 0 aliphatic carbocycles. The summed E-state index contributed by atoms with van der Waals surface area (Å²) in [7, 11) is 1.16. The molecule has 0 bridgehead atoms. The number of likely N-dealkylation sites (N-methyl/N-ethyl adjacent to an activating group) is 1. The van der Waals surface area contributed by atoms with E-state index in [-0.39, 0.29) is 32.0 Å². The molecule has 82 heavy (non-hydrogen) atoms. The van der Waals surface area contributed by atoms with E-state index in [0.717, 1.165) is 89.9 Å². The van der Waals surface area contributed by atoms with Gasteiger partial charge >= 0.3 is 11.9 Å². The zero-order chi connectivity index (χ0) is 59.8. The molecule has 0 N–H and O–H groups in total. The van der Waals surface area contributed by atoms with Crippen molar-refractivity contribution < 1.29 is 42.1 Å². The molecule has 10 heteroatoms. The van der Waals surface area contributed by atoms with E-state index in [2.05, 4.69) is 98.9 Å². The Morgan fingerprint density at radius 3 is 1.04 bits per heavy atom. The maximum absolute atomic E-state index is 12.9. The highest BCUT2D eigenvalue weighted by atomic mass is 31.2. The minimum Gasteiger partial charge on any atom is -0.756 e. The molecule has 0 amide bonds. The maximum atomic E-state index is 12.9. The van der Waals surface area contributed by atoms with Crippen molar-refractivity contribution in [2.45, 2.75) is 315 Å². The van der Waals surface area contributed by atoms with Crippen LogP contribution in [0.1, 0.15) is 309 Å². The van der Waals surface area contributed by atoms with Gasteiger partial charge in [-0.05, 0) is 70.6 Å². The van der Waals surface area contributed by atoms with E-state index in [1.54, 1.807) is 0 Å². The first kappa shape index (κ1) is 79.2. The molecule has 2 atom stereocenters. The number of quaternary nitrogens is 1. The fourth-order valence-electron chi connectivity index (χ4n) is 9.70. The van der Waals surface area contributed by atoms with E-state index in [0.29, 0.717) is 17.4 Å². The molecule has 476 valence electrons. The van der Waals surface area contributed by atoms with Crippen LogP contribution in [0.5, 0.6) is 0 Å². The third kappa shape index (κ3) is 66.3. The van der Waals surface area contributed by atoms with Crippen LogP contribution >= 0.6 is 7.82 Å². The molecule has 0 aromatic heterocycles. The normalized spacial score (nSPS) is 13.7. The topological polar surface area (TPSA) is 111 Å². The first-order valence-electron chi connectivity index (χ1n) is 34.3. The summed E-state index contributed by atoms with van der Waals surface area (Å²) < 4.78 is 34.3. The van der Waals surface area contributed by atoms with Crippen LogP contribution in [-0.2, 0) is 32.7 Å². The van der Waals surface area contributed by atoms with Gasteiger partial charge in [0, 0.05) is 12.8 Å². The Labute approximate surface area is 507 Å². The van der Waals surface area contributed by atoms with Gasteiger partial charge in [0.25, 0.3) is 7.82 Å². The van der Waals surface area contributed by atoms with Crippen molar-refractivity contribution in [2.75, 3.05) is 47.5 Å². The second-order valence-electron chi connectivity index (χ2n) is 24.2. The quantitative estimate of drug-likeness (QED) is 0.0195. The molecule has 0 radical (unpaired) electrons. The van der Waals surface area contributed by atoms with Gasteiger partial charge in [0.2, 0.25) is 0 Å². The van der Waals surface area contributed by atoms with E-state index >= 15 is 0 Å². The average Bonchev–Trinajstić information content (AvgIpc) is 3.45. The van der Waals surface area contributed by atoms with Crippen LogP contribution in [0, 0.1) is 0 Å². The summed E-state index contributed by atoms with van der Waals surface area (Å²) in [6.07, 6.45) is 85.2. The predicted octanol–water partition coefficient (Wildman–Crippen LogP) is 21.5. The lowest BCUT2D eigenvalue weighted by atomic mass is 10.0. The zero-order valence-corrected chi connectivity index (χ0v) is 55.1. The molecule has 0 fully saturated rings. The van der Waals surface area contributed by atoms with Crippen molar-refractivity contribution in [1.29, 1.82) is 0 Å². The van der Waals surface area contributed by atoms with Crippen LogP contribution < -0.4 is 4.89 Å². The largest absolute Gasteiger partial charge is 0.756 e. The summed E-state index contributed by atoms with van der Waals surface area (Å²) in [4.78, 5) is 38.0. The number of allylic oxidation sites excluding steroid dienone is 14. The van der Waals surface area contributed by atoms with Crippen LogP contribution in [0.2, 0.25) is 0 Å². The molecule has 2 unspecified atom stereocenters. The fraction of sp³-hybridized carbons (Fsp3) is 0.778. The van der Waals surface area contributed by atoms with E-state index in [9.17, 15) is 19.0 Å². The summed E-state index contributed by atoms with van der Waals surface area (Å²) in [5, 5.41) is 0. The van der Waals surface area contributed by atoms with Crippen molar-refractivity contribution >= 4 is 19.8 Å². The molecule has 0 saturated carbocycles. The summed E-state index contributed by atoms with van der Waals surface area (Å²) in [6.45, 7) is 4.15. The summed E-state index contributed by atoms with van der Waals surface area (Å²) in [5.74, 6) is -0.837. The number of nitrogens with zero attached hydrogens (tertiary/aromatic N) is 1. The van der Waals surface area contributed by atoms with Gasteiger partial charge in [-0.3, -0.25) is 14.2 Å². The maximum Gasteiger partial charge on any atom is 0.306 e. The Morgan fingerprint density at radius 2 is 0.695 bits per heavy atom. The lowest BCUT2D eigenvalue weighted by molar-refractivity contribution is -0.870. The third-order valence-corrected chi connectivity index (χ3v) is 15.9. The van der Waals surface area contributed by atoms with Gasteiger partial charge < -0.3 is 27.9 Å². The second kappa shape index (κ2) is 62.7. The zero-order valence-electron chi connectivity index (χ0n) is 54.2. The van der Waals surface area contributed by atoms with Crippen LogP contribution in [-0.4, -0.2) is 70.0 Å². The summed E-state index contributed by atoms with van der Waals surface area (Å²) in [6, 6.07) is 0. The Bertz CT molecular complexity index is 1660. The number of hydrogen-bond acceptors (Lipinski definition) is 8. The fourth-order valence-corrected chi connectivity index (χ4v) is 10.4. The van der Waals surface area contributed by atoms with Crippen LogP contribution in [0.15, 0.2) is 85.1 Å². The van der Waals surface area contributed by atoms with Gasteiger partial charge in [0.1, 0.15) is 19.8 Å². The number of rotatable bonds is 63. The predicted molar refractivity (Wildman–Crippen MR) is 351 cm³/mol. The second-order valence-corrected chi connectivity index (χ2v) is 25.6. The summed E-state index contributed by atoms with van der Waals surface area (Å²) in [5.41, 5.74) is 0. The Hall–Kier alpha value is -2.81. The lowest BCUT2D eigenvalue weighted by Gasteiger charge is -2.28. The molecular formula is C72H130NO8P. The number of carbonyl (C=O) groups is 2. The van der Waals surface area contributed by atoms with Crippen molar-refractivity contribution in [3.63, 3.8) is 0 Å². The van der Waals surface area contributed by atoms with Gasteiger partial charge in [0.15, 0.2) is 6.10 Å². The average molecular weight is 1170 g/mol. The van der Waals surface area contributed by atoms with Crippen molar-refractivity contribution in [2.24, 2.45) is 0 Å². The van der Waals surface area contributed by atoms with E-state index in [4.69, 9.17) is 18.5 Å². The van der Waals surface area contributed by atoms with Crippen molar-refractivity contribution in [1.82, 2.24) is 0 Å². The molecular weight excluding hydrogens is 1040 g/mol. The summed E-state index contributed by atoms with van der Waals surface area (Å²) >= 11 is 0. The highest BCUT2D eigenvalue weighted by Crippen LogP contribution is 2.38. The van der Waals surface area contributed by atoms with E-state index in [1.165, 1.54) is 186 Å². The number of esters is 2. The Kier molecular flexibility index (Phi) is 60.6.